The summed E-state index contributed by atoms with van der Waals surface area (Å²) in [6.07, 6.45) is 0.690. The number of hydrogen-bond acceptors (Lipinski definition) is 5. The lowest BCUT2D eigenvalue weighted by Crippen LogP contribution is -2.37. The molecule has 3 atom stereocenters. The highest BCUT2D eigenvalue weighted by molar-refractivity contribution is 5.81. The van der Waals surface area contributed by atoms with Gasteiger partial charge < -0.3 is 15.2 Å². The van der Waals surface area contributed by atoms with E-state index in [2.05, 4.69) is 35.1 Å². The van der Waals surface area contributed by atoms with Gasteiger partial charge in [-0.3, -0.25) is 9.63 Å². The fourth-order valence-electron chi connectivity index (χ4n) is 4.60. The van der Waals surface area contributed by atoms with Gasteiger partial charge in [0, 0.05) is 18.4 Å². The fraction of sp³-hybridized carbons (Fsp3) is 0.400. The Hall–Kier alpha value is -3.39. The molecule has 0 aliphatic heterocycles. The van der Waals surface area contributed by atoms with Crippen LogP contribution < -0.4 is 10.8 Å². The first kappa shape index (κ1) is 21.5. The highest BCUT2D eigenvalue weighted by atomic mass is 16.7. The maximum Gasteiger partial charge on any atom is 0.407 e. The Morgan fingerprint density at radius 3 is 2.24 bits per heavy atom. The number of aliphatic carboxylic acids is 1. The molecule has 33 heavy (non-hydrogen) atoms. The van der Waals surface area contributed by atoms with E-state index in [0.717, 1.165) is 24.0 Å². The van der Waals surface area contributed by atoms with Crippen LogP contribution in [0.1, 0.15) is 36.3 Å². The molecule has 3 aliphatic rings. The Morgan fingerprint density at radius 1 is 1.00 bits per heavy atom. The van der Waals surface area contributed by atoms with Crippen molar-refractivity contribution in [2.24, 2.45) is 17.8 Å². The van der Waals surface area contributed by atoms with E-state index in [1.807, 2.05) is 24.3 Å². The molecule has 2 amide bonds. The second kappa shape index (κ2) is 8.86. The summed E-state index contributed by atoms with van der Waals surface area (Å²) in [6, 6.07) is 16.3. The Kier molecular flexibility index (Phi) is 5.76. The van der Waals surface area contributed by atoms with Gasteiger partial charge in [0.1, 0.15) is 6.61 Å². The normalized spacial score (nSPS) is 21.5. The van der Waals surface area contributed by atoms with Gasteiger partial charge in [0.05, 0.1) is 0 Å². The van der Waals surface area contributed by atoms with E-state index in [1.165, 1.54) is 11.1 Å². The molecule has 0 bridgehead atoms. The number of carboxylic acid groups (broad SMARTS) is 1. The maximum atomic E-state index is 12.3. The summed E-state index contributed by atoms with van der Waals surface area (Å²) in [5, 5.41) is 11.9. The molecule has 3 aliphatic carbocycles. The number of hydroxylamine groups is 1. The first-order chi connectivity index (χ1) is 16.0. The van der Waals surface area contributed by atoms with Gasteiger partial charge in [0.15, 0.2) is 6.10 Å². The molecule has 8 nitrogen and oxygen atoms in total. The van der Waals surface area contributed by atoms with E-state index in [9.17, 15) is 14.4 Å². The van der Waals surface area contributed by atoms with Crippen LogP contribution in [-0.4, -0.2) is 42.3 Å². The van der Waals surface area contributed by atoms with E-state index in [0.29, 0.717) is 13.0 Å². The summed E-state index contributed by atoms with van der Waals surface area (Å²) >= 11 is 0. The highest BCUT2D eigenvalue weighted by Crippen LogP contribution is 2.44. The molecule has 8 heteroatoms. The average Bonchev–Trinajstić information content (AvgIpc) is 3.74. The maximum absolute atomic E-state index is 12.3. The summed E-state index contributed by atoms with van der Waals surface area (Å²) in [7, 11) is 0. The lowest BCUT2D eigenvalue weighted by atomic mass is 9.98. The van der Waals surface area contributed by atoms with Crippen molar-refractivity contribution < 1.29 is 29.1 Å². The predicted molar refractivity (Wildman–Crippen MR) is 118 cm³/mol. The second-order valence-electron chi connectivity index (χ2n) is 8.99. The quantitative estimate of drug-likeness (QED) is 0.506. The smallest absolute Gasteiger partial charge is 0.407 e. The molecule has 0 aromatic heterocycles. The summed E-state index contributed by atoms with van der Waals surface area (Å²) in [6.45, 7) is 0.555. The van der Waals surface area contributed by atoms with Gasteiger partial charge in [-0.15, -0.1) is 0 Å². The molecule has 0 heterocycles. The van der Waals surface area contributed by atoms with E-state index in [-0.39, 0.29) is 36.2 Å². The third kappa shape index (κ3) is 4.57. The van der Waals surface area contributed by atoms with Gasteiger partial charge >= 0.3 is 12.1 Å². The Labute approximate surface area is 191 Å². The van der Waals surface area contributed by atoms with Crippen LogP contribution in [0.3, 0.4) is 0 Å². The number of amides is 2. The molecule has 2 saturated carbocycles. The number of carboxylic acids is 1. The van der Waals surface area contributed by atoms with Crippen LogP contribution in [-0.2, 0) is 19.2 Å². The van der Waals surface area contributed by atoms with Gasteiger partial charge in [-0.25, -0.2) is 15.1 Å². The van der Waals surface area contributed by atoms with Crippen molar-refractivity contribution in [2.45, 2.75) is 31.3 Å². The van der Waals surface area contributed by atoms with Crippen LogP contribution in [0, 0.1) is 17.8 Å². The lowest BCUT2D eigenvalue weighted by Gasteiger charge is -2.14. The molecular formula is C25H26N2O6. The summed E-state index contributed by atoms with van der Waals surface area (Å²) in [5.41, 5.74) is 6.92. The lowest BCUT2D eigenvalue weighted by molar-refractivity contribution is -0.163. The zero-order chi connectivity index (χ0) is 22.9. The molecule has 3 N–H and O–H groups in total. The van der Waals surface area contributed by atoms with Crippen molar-refractivity contribution in [3.05, 3.63) is 59.7 Å². The van der Waals surface area contributed by atoms with E-state index >= 15 is 0 Å². The topological polar surface area (TPSA) is 114 Å². The van der Waals surface area contributed by atoms with Crippen molar-refractivity contribution in [3.63, 3.8) is 0 Å². The van der Waals surface area contributed by atoms with Crippen LogP contribution in [0.2, 0.25) is 0 Å². The zero-order valence-corrected chi connectivity index (χ0v) is 18.0. The molecular weight excluding hydrogens is 424 g/mol. The zero-order valence-electron chi connectivity index (χ0n) is 18.0. The molecule has 0 saturated heterocycles. The molecule has 0 spiro atoms. The van der Waals surface area contributed by atoms with Crippen molar-refractivity contribution >= 4 is 18.0 Å². The number of carbonyl (C=O) groups is 3. The van der Waals surface area contributed by atoms with Gasteiger partial charge in [0.2, 0.25) is 5.91 Å². The van der Waals surface area contributed by atoms with Crippen molar-refractivity contribution in [1.82, 2.24) is 10.8 Å². The van der Waals surface area contributed by atoms with E-state index in [4.69, 9.17) is 14.7 Å². The second-order valence-corrected chi connectivity index (χ2v) is 8.99. The number of nitrogens with one attached hydrogen (secondary N) is 2. The van der Waals surface area contributed by atoms with Crippen LogP contribution in [0.15, 0.2) is 48.5 Å². The molecule has 2 aromatic rings. The molecule has 2 fully saturated rings. The van der Waals surface area contributed by atoms with E-state index in [1.54, 1.807) is 0 Å². The molecule has 172 valence electrons. The minimum absolute atomic E-state index is 0.00611. The van der Waals surface area contributed by atoms with Crippen LogP contribution in [0.25, 0.3) is 11.1 Å². The molecule has 2 aromatic carbocycles. The van der Waals surface area contributed by atoms with Crippen molar-refractivity contribution in [3.8, 4) is 11.1 Å². The highest BCUT2D eigenvalue weighted by Gasteiger charge is 2.44. The van der Waals surface area contributed by atoms with Gasteiger partial charge in [-0.1, -0.05) is 48.5 Å². The molecule has 1 unspecified atom stereocenters. The number of ether oxygens (including phenoxy) is 1. The van der Waals surface area contributed by atoms with Crippen molar-refractivity contribution in [2.75, 3.05) is 13.2 Å². The fourth-order valence-corrected chi connectivity index (χ4v) is 4.60. The third-order valence-corrected chi connectivity index (χ3v) is 6.69. The first-order valence-corrected chi connectivity index (χ1v) is 11.3. The van der Waals surface area contributed by atoms with Gasteiger partial charge in [0.25, 0.3) is 0 Å². The largest absolute Gasteiger partial charge is 0.479 e. The minimum Gasteiger partial charge on any atom is -0.479 e. The number of carbonyl (C=O) groups excluding carboxylic acids is 2. The van der Waals surface area contributed by atoms with Crippen LogP contribution in [0.5, 0.6) is 0 Å². The first-order valence-electron chi connectivity index (χ1n) is 11.3. The average molecular weight is 450 g/mol. The SMILES string of the molecule is O=C(NC[C@@H]1C[C@@H]1C(=O)NOC(C(=O)O)C1CC1)OCC1c2ccccc2-c2ccccc21. The third-order valence-electron chi connectivity index (χ3n) is 6.69. The summed E-state index contributed by atoms with van der Waals surface area (Å²) in [5.74, 6) is -1.77. The monoisotopic (exact) mass is 450 g/mol. The standard InChI is InChI=1S/C25H26N2O6/c28-23(27-33-22(24(29)30)14-9-10-14)20-11-15(20)12-26-25(31)32-13-21-18-7-3-1-5-16(18)17-6-2-4-8-19(17)21/h1-8,14-15,20-22H,9-13H2,(H,26,31)(H,27,28)(H,29,30)/t15-,20-,22?/m0/s1. The van der Waals surface area contributed by atoms with Gasteiger partial charge in [-0.2, -0.15) is 0 Å². The molecule has 5 rings (SSSR count). The number of benzene rings is 2. The Morgan fingerprint density at radius 2 is 1.64 bits per heavy atom. The summed E-state index contributed by atoms with van der Waals surface area (Å²) in [4.78, 5) is 40.8. The van der Waals surface area contributed by atoms with E-state index < -0.39 is 18.2 Å². The number of hydrogen-bond donors (Lipinski definition) is 3. The van der Waals surface area contributed by atoms with Crippen molar-refractivity contribution in [1.29, 1.82) is 0 Å². The van der Waals surface area contributed by atoms with Gasteiger partial charge in [-0.05, 0) is 53.4 Å². The number of alkyl carbamates (subject to hydrolysis) is 1. The minimum atomic E-state index is -1.07. The number of rotatable bonds is 9. The van der Waals surface area contributed by atoms with Crippen LogP contribution in [0.4, 0.5) is 4.79 Å². The number of fused-ring (bicyclic) bond motifs is 3. The predicted octanol–water partition coefficient (Wildman–Crippen LogP) is 3.07. The Bertz CT molecular complexity index is 1040. The van der Waals surface area contributed by atoms with Crippen LogP contribution >= 0.6 is 0 Å². The summed E-state index contributed by atoms with van der Waals surface area (Å²) < 4.78 is 5.51. The molecule has 0 radical (unpaired) electrons. The Balaban J connectivity index is 1.07.